The average molecular weight is 418 g/mol. The molecule has 2 atom stereocenters. The van der Waals surface area contributed by atoms with Gasteiger partial charge in [0.25, 0.3) is 5.91 Å². The molecule has 3 rings (SSSR count). The Kier molecular flexibility index (Phi) is 7.36. The number of benzene rings is 1. The molecule has 0 radical (unpaired) electrons. The van der Waals surface area contributed by atoms with Crippen LogP contribution < -0.4 is 10.1 Å². The summed E-state index contributed by atoms with van der Waals surface area (Å²) in [5, 5.41) is 12.6. The van der Waals surface area contributed by atoms with E-state index in [0.29, 0.717) is 19.4 Å². The molecule has 0 saturated carbocycles. The summed E-state index contributed by atoms with van der Waals surface area (Å²) in [6.45, 7) is 6.85. The zero-order valence-electron chi connectivity index (χ0n) is 18.4. The fourth-order valence-corrected chi connectivity index (χ4v) is 4.70. The number of carbonyl (C=O) groups is 2. The normalized spacial score (nSPS) is 24.2. The first-order valence-electron chi connectivity index (χ1n) is 11.1. The van der Waals surface area contributed by atoms with Crippen LogP contribution in [0.3, 0.4) is 0 Å². The minimum Gasteiger partial charge on any atom is -0.497 e. The number of rotatable bonds is 9. The van der Waals surface area contributed by atoms with Crippen LogP contribution in [0.4, 0.5) is 4.79 Å². The van der Waals surface area contributed by atoms with Gasteiger partial charge in [-0.1, -0.05) is 19.1 Å². The predicted molar refractivity (Wildman–Crippen MR) is 115 cm³/mol. The Morgan fingerprint density at radius 2 is 1.87 bits per heavy atom. The van der Waals surface area contributed by atoms with Gasteiger partial charge in [0, 0.05) is 13.1 Å². The summed E-state index contributed by atoms with van der Waals surface area (Å²) in [4.78, 5) is 29.8. The molecule has 1 aromatic carbocycles. The number of methoxy groups -OCH3 is 1. The van der Waals surface area contributed by atoms with E-state index in [0.717, 1.165) is 50.2 Å². The first kappa shape index (κ1) is 22.6. The Morgan fingerprint density at radius 1 is 1.20 bits per heavy atom. The van der Waals surface area contributed by atoms with Crippen molar-refractivity contribution in [2.75, 3.05) is 33.3 Å². The van der Waals surface area contributed by atoms with Gasteiger partial charge < -0.3 is 20.1 Å². The molecular weight excluding hydrogens is 382 g/mol. The van der Waals surface area contributed by atoms with Crippen LogP contribution in [-0.4, -0.2) is 71.8 Å². The van der Waals surface area contributed by atoms with E-state index in [1.54, 1.807) is 7.11 Å². The van der Waals surface area contributed by atoms with Gasteiger partial charge in [-0.3, -0.25) is 9.69 Å². The number of hydrogen-bond acceptors (Lipinski definition) is 5. The van der Waals surface area contributed by atoms with Gasteiger partial charge in [-0.25, -0.2) is 4.79 Å². The highest BCUT2D eigenvalue weighted by molar-refractivity contribution is 6.07. The number of nitrogens with zero attached hydrogens (tertiary/aromatic N) is 2. The van der Waals surface area contributed by atoms with Crippen molar-refractivity contribution in [3.05, 3.63) is 29.8 Å². The fourth-order valence-electron chi connectivity index (χ4n) is 4.70. The summed E-state index contributed by atoms with van der Waals surface area (Å²) in [7, 11) is 1.63. The minimum atomic E-state index is -0.784. The Hall–Kier alpha value is -2.12. The SMILES string of the molecule is CC[C@]1(C2CCN(CC[C@H](C)O)CC2)NC(=O)N(CCc2ccc(OC)cc2)C1=O. The Bertz CT molecular complexity index is 728. The van der Waals surface area contributed by atoms with E-state index in [2.05, 4.69) is 10.2 Å². The second kappa shape index (κ2) is 9.79. The Morgan fingerprint density at radius 3 is 2.43 bits per heavy atom. The largest absolute Gasteiger partial charge is 0.497 e. The lowest BCUT2D eigenvalue weighted by molar-refractivity contribution is -0.134. The summed E-state index contributed by atoms with van der Waals surface area (Å²) in [6.07, 6.45) is 3.46. The van der Waals surface area contributed by atoms with Crippen LogP contribution in [0.15, 0.2) is 24.3 Å². The quantitative estimate of drug-likeness (QED) is 0.603. The zero-order chi connectivity index (χ0) is 21.7. The molecule has 1 aromatic rings. The third-order valence-electron chi connectivity index (χ3n) is 6.69. The third-order valence-corrected chi connectivity index (χ3v) is 6.69. The Balaban J connectivity index is 1.60. The second-order valence-corrected chi connectivity index (χ2v) is 8.56. The number of hydrogen-bond donors (Lipinski definition) is 2. The molecule has 2 saturated heterocycles. The summed E-state index contributed by atoms with van der Waals surface area (Å²) < 4.78 is 5.18. The molecule has 2 N–H and O–H groups in total. The van der Waals surface area contributed by atoms with Gasteiger partial charge >= 0.3 is 6.03 Å². The molecule has 30 heavy (non-hydrogen) atoms. The van der Waals surface area contributed by atoms with Crippen molar-refractivity contribution < 1.29 is 19.4 Å². The highest BCUT2D eigenvalue weighted by Gasteiger charge is 2.54. The first-order valence-corrected chi connectivity index (χ1v) is 11.1. The molecule has 2 aliphatic heterocycles. The topological polar surface area (TPSA) is 82.1 Å². The van der Waals surface area contributed by atoms with Crippen molar-refractivity contribution in [3.8, 4) is 5.75 Å². The number of imide groups is 1. The van der Waals surface area contributed by atoms with Gasteiger partial charge in [0.1, 0.15) is 11.3 Å². The fraction of sp³-hybridized carbons (Fsp3) is 0.652. The van der Waals surface area contributed by atoms with E-state index in [1.807, 2.05) is 38.1 Å². The number of aliphatic hydroxyl groups is 1. The van der Waals surface area contributed by atoms with Crippen LogP contribution in [0.5, 0.6) is 5.75 Å². The van der Waals surface area contributed by atoms with E-state index in [9.17, 15) is 14.7 Å². The van der Waals surface area contributed by atoms with Crippen LogP contribution in [-0.2, 0) is 11.2 Å². The number of aliphatic hydroxyl groups excluding tert-OH is 1. The molecule has 7 nitrogen and oxygen atoms in total. The number of amides is 3. The molecule has 2 aliphatic rings. The zero-order valence-corrected chi connectivity index (χ0v) is 18.4. The summed E-state index contributed by atoms with van der Waals surface area (Å²) in [6, 6.07) is 7.44. The molecule has 2 heterocycles. The van der Waals surface area contributed by atoms with Crippen molar-refractivity contribution in [3.63, 3.8) is 0 Å². The van der Waals surface area contributed by atoms with E-state index in [-0.39, 0.29) is 24.0 Å². The number of carbonyl (C=O) groups excluding carboxylic acids is 2. The average Bonchev–Trinajstić information content (AvgIpc) is 3.01. The van der Waals surface area contributed by atoms with Crippen molar-refractivity contribution in [2.24, 2.45) is 5.92 Å². The van der Waals surface area contributed by atoms with Crippen molar-refractivity contribution in [1.29, 1.82) is 0 Å². The van der Waals surface area contributed by atoms with Gasteiger partial charge in [-0.05, 0) is 75.7 Å². The van der Waals surface area contributed by atoms with Crippen molar-refractivity contribution in [2.45, 2.75) is 57.6 Å². The molecule has 0 unspecified atom stereocenters. The highest BCUT2D eigenvalue weighted by Crippen LogP contribution is 2.36. The first-order chi connectivity index (χ1) is 14.4. The third kappa shape index (κ3) is 4.78. The summed E-state index contributed by atoms with van der Waals surface area (Å²) >= 11 is 0. The lowest BCUT2D eigenvalue weighted by Gasteiger charge is -2.40. The van der Waals surface area contributed by atoms with Crippen LogP contribution in [0.1, 0.15) is 45.1 Å². The maximum absolute atomic E-state index is 13.4. The molecule has 3 amide bonds. The second-order valence-electron chi connectivity index (χ2n) is 8.56. The number of urea groups is 1. The van der Waals surface area contributed by atoms with Crippen LogP contribution in [0, 0.1) is 5.92 Å². The van der Waals surface area contributed by atoms with Crippen LogP contribution >= 0.6 is 0 Å². The maximum atomic E-state index is 13.4. The minimum absolute atomic E-state index is 0.0778. The van der Waals surface area contributed by atoms with Gasteiger partial charge in [-0.15, -0.1) is 0 Å². The molecule has 2 fully saturated rings. The predicted octanol–water partition coefficient (Wildman–Crippen LogP) is 2.42. The molecule has 0 spiro atoms. The van der Waals surface area contributed by atoms with E-state index in [4.69, 9.17) is 4.74 Å². The molecule has 166 valence electrons. The molecule has 0 bridgehead atoms. The number of ether oxygens (including phenoxy) is 1. The van der Waals surface area contributed by atoms with Gasteiger partial charge in [0.2, 0.25) is 0 Å². The molecule has 0 aliphatic carbocycles. The standard InChI is InChI=1S/C23H35N3O4/c1-4-23(19-11-14-25(15-12-19)13-9-17(2)27)21(28)26(22(29)24-23)16-10-18-5-7-20(30-3)8-6-18/h5-8,17,19,27H,4,9-16H2,1-3H3,(H,24,29)/t17-,23+/m0/s1. The van der Waals surface area contributed by atoms with Gasteiger partial charge in [0.15, 0.2) is 0 Å². The lowest BCUT2D eigenvalue weighted by Crippen LogP contribution is -2.55. The van der Waals surface area contributed by atoms with E-state index in [1.165, 1.54) is 4.90 Å². The van der Waals surface area contributed by atoms with Crippen LogP contribution in [0.2, 0.25) is 0 Å². The monoisotopic (exact) mass is 417 g/mol. The Labute approximate surface area is 179 Å². The molecule has 0 aromatic heterocycles. The summed E-state index contributed by atoms with van der Waals surface area (Å²) in [5.41, 5.74) is 0.282. The van der Waals surface area contributed by atoms with E-state index < -0.39 is 5.54 Å². The number of nitrogens with one attached hydrogen (secondary N) is 1. The van der Waals surface area contributed by atoms with Crippen molar-refractivity contribution >= 4 is 11.9 Å². The molecular formula is C23H35N3O4. The number of piperidine rings is 1. The molecule has 7 heteroatoms. The van der Waals surface area contributed by atoms with E-state index >= 15 is 0 Å². The lowest BCUT2D eigenvalue weighted by atomic mass is 9.75. The number of likely N-dealkylation sites (tertiary alicyclic amines) is 1. The van der Waals surface area contributed by atoms with Crippen molar-refractivity contribution in [1.82, 2.24) is 15.1 Å². The van der Waals surface area contributed by atoms with Crippen LogP contribution in [0.25, 0.3) is 0 Å². The maximum Gasteiger partial charge on any atom is 0.325 e. The smallest absolute Gasteiger partial charge is 0.325 e. The van der Waals surface area contributed by atoms with Gasteiger partial charge in [-0.2, -0.15) is 0 Å². The van der Waals surface area contributed by atoms with Gasteiger partial charge in [0.05, 0.1) is 13.2 Å². The highest BCUT2D eigenvalue weighted by atomic mass is 16.5. The summed E-state index contributed by atoms with van der Waals surface area (Å²) in [5.74, 6) is 0.859.